The fraction of sp³-hybridized carbons (Fsp3) is 0.769. The Hall–Kier alpha value is -0.870. The molecule has 4 heteroatoms. The van der Waals surface area contributed by atoms with Gasteiger partial charge in [-0.3, -0.25) is 4.79 Å². The third-order valence-electron chi connectivity index (χ3n) is 2.62. The third kappa shape index (κ3) is 6.44. The van der Waals surface area contributed by atoms with Crippen LogP contribution in [0.1, 0.15) is 20.3 Å². The first-order chi connectivity index (χ1) is 8.06. The van der Waals surface area contributed by atoms with Gasteiger partial charge >= 0.3 is 0 Å². The molecule has 100 valence electrons. The monoisotopic (exact) mass is 242 g/mol. The molecule has 0 aromatic rings. The maximum atomic E-state index is 12.2. The van der Waals surface area contributed by atoms with Gasteiger partial charge in [-0.2, -0.15) is 0 Å². The number of amides is 1. The van der Waals surface area contributed by atoms with Crippen molar-refractivity contribution in [3.63, 3.8) is 0 Å². The molecule has 0 heterocycles. The summed E-state index contributed by atoms with van der Waals surface area (Å²) in [5.74, 6) is 0.491. The molecule has 4 nitrogen and oxygen atoms in total. The minimum Gasteiger partial charge on any atom is -0.383 e. The minimum atomic E-state index is -0.0909. The van der Waals surface area contributed by atoms with Crippen LogP contribution in [0.4, 0.5) is 0 Å². The number of nitrogens with two attached hydrogens (primary N) is 1. The Balaban J connectivity index is 4.48. The zero-order chi connectivity index (χ0) is 13.3. The highest BCUT2D eigenvalue weighted by Gasteiger charge is 2.22. The molecule has 0 radical (unpaired) electrons. The van der Waals surface area contributed by atoms with Crippen LogP contribution < -0.4 is 5.73 Å². The summed E-state index contributed by atoms with van der Waals surface area (Å²) in [5, 5.41) is 0. The lowest BCUT2D eigenvalue weighted by molar-refractivity contribution is -0.135. The zero-order valence-corrected chi connectivity index (χ0v) is 11.3. The van der Waals surface area contributed by atoms with Crippen LogP contribution in [-0.4, -0.2) is 44.2 Å². The standard InChI is InChI=1S/C13H26N2O2/c1-5-6-15(7-8-17-4)13(16)12(10-14)9-11(2)3/h5,11-12H,1,6-10,14H2,2-4H3. The van der Waals surface area contributed by atoms with E-state index in [1.165, 1.54) is 0 Å². The van der Waals surface area contributed by atoms with Gasteiger partial charge in [-0.05, 0) is 12.3 Å². The lowest BCUT2D eigenvalue weighted by Crippen LogP contribution is -2.41. The summed E-state index contributed by atoms with van der Waals surface area (Å²) in [6.07, 6.45) is 2.56. The Morgan fingerprint density at radius 3 is 2.59 bits per heavy atom. The highest BCUT2D eigenvalue weighted by molar-refractivity contribution is 5.79. The Bertz CT molecular complexity index is 229. The van der Waals surface area contributed by atoms with Crippen molar-refractivity contribution >= 4 is 5.91 Å². The van der Waals surface area contributed by atoms with E-state index in [-0.39, 0.29) is 11.8 Å². The van der Waals surface area contributed by atoms with E-state index in [4.69, 9.17) is 10.5 Å². The summed E-state index contributed by atoms with van der Waals surface area (Å²) in [7, 11) is 1.63. The van der Waals surface area contributed by atoms with Gasteiger partial charge in [0.15, 0.2) is 0 Å². The highest BCUT2D eigenvalue weighted by Crippen LogP contribution is 2.13. The SMILES string of the molecule is C=CCN(CCOC)C(=O)C(CN)CC(C)C. The van der Waals surface area contributed by atoms with Gasteiger partial charge in [-0.15, -0.1) is 6.58 Å². The predicted octanol–water partition coefficient (Wildman–Crippen LogP) is 1.27. The summed E-state index contributed by atoms with van der Waals surface area (Å²) < 4.78 is 5.00. The Morgan fingerprint density at radius 2 is 2.18 bits per heavy atom. The number of carbonyl (C=O) groups excluding carboxylic acids is 1. The molecule has 2 N–H and O–H groups in total. The number of methoxy groups -OCH3 is 1. The molecule has 0 saturated heterocycles. The highest BCUT2D eigenvalue weighted by atomic mass is 16.5. The van der Waals surface area contributed by atoms with Gasteiger partial charge in [0.25, 0.3) is 0 Å². The largest absolute Gasteiger partial charge is 0.383 e. The van der Waals surface area contributed by atoms with Crippen molar-refractivity contribution < 1.29 is 9.53 Å². The minimum absolute atomic E-state index is 0.0909. The Morgan fingerprint density at radius 1 is 1.53 bits per heavy atom. The van der Waals surface area contributed by atoms with Crippen molar-refractivity contribution in [2.24, 2.45) is 17.6 Å². The van der Waals surface area contributed by atoms with Crippen molar-refractivity contribution in [2.75, 3.05) is 33.4 Å². The first kappa shape index (κ1) is 16.1. The van der Waals surface area contributed by atoms with Crippen molar-refractivity contribution in [1.82, 2.24) is 4.90 Å². The first-order valence-corrected chi connectivity index (χ1v) is 6.15. The average molecular weight is 242 g/mol. The van der Waals surface area contributed by atoms with Crippen molar-refractivity contribution in [2.45, 2.75) is 20.3 Å². The van der Waals surface area contributed by atoms with E-state index in [0.717, 1.165) is 6.42 Å². The van der Waals surface area contributed by atoms with Crippen LogP contribution in [0, 0.1) is 11.8 Å². The number of rotatable bonds is 9. The van der Waals surface area contributed by atoms with Crippen LogP contribution in [0.15, 0.2) is 12.7 Å². The fourth-order valence-corrected chi connectivity index (χ4v) is 1.77. The van der Waals surface area contributed by atoms with Gasteiger partial charge in [0.2, 0.25) is 5.91 Å². The van der Waals surface area contributed by atoms with Gasteiger partial charge in [-0.25, -0.2) is 0 Å². The lowest BCUT2D eigenvalue weighted by atomic mass is 9.96. The molecule has 0 bridgehead atoms. The lowest BCUT2D eigenvalue weighted by Gasteiger charge is -2.26. The van der Waals surface area contributed by atoms with Gasteiger partial charge in [0.05, 0.1) is 12.5 Å². The van der Waals surface area contributed by atoms with Crippen LogP contribution in [0.25, 0.3) is 0 Å². The van der Waals surface area contributed by atoms with E-state index < -0.39 is 0 Å². The Kier molecular flexibility index (Phi) is 8.72. The van der Waals surface area contributed by atoms with E-state index in [0.29, 0.717) is 32.2 Å². The van der Waals surface area contributed by atoms with E-state index >= 15 is 0 Å². The van der Waals surface area contributed by atoms with E-state index in [9.17, 15) is 4.79 Å². The zero-order valence-electron chi connectivity index (χ0n) is 11.3. The molecule has 17 heavy (non-hydrogen) atoms. The summed E-state index contributed by atoms with van der Waals surface area (Å²) >= 11 is 0. The number of nitrogens with zero attached hydrogens (tertiary/aromatic N) is 1. The molecule has 0 aliphatic rings. The van der Waals surface area contributed by atoms with Crippen molar-refractivity contribution in [3.8, 4) is 0 Å². The maximum Gasteiger partial charge on any atom is 0.227 e. The second-order valence-electron chi connectivity index (χ2n) is 4.63. The summed E-state index contributed by atoms with van der Waals surface area (Å²) in [4.78, 5) is 14.0. The predicted molar refractivity (Wildman–Crippen MR) is 70.7 cm³/mol. The molecule has 0 rings (SSSR count). The molecular weight excluding hydrogens is 216 g/mol. The van der Waals surface area contributed by atoms with Crippen LogP contribution >= 0.6 is 0 Å². The quantitative estimate of drug-likeness (QED) is 0.619. The van der Waals surface area contributed by atoms with E-state index in [2.05, 4.69) is 20.4 Å². The van der Waals surface area contributed by atoms with Crippen molar-refractivity contribution in [1.29, 1.82) is 0 Å². The van der Waals surface area contributed by atoms with Crippen LogP contribution in [0.3, 0.4) is 0 Å². The molecule has 1 amide bonds. The average Bonchev–Trinajstić information content (AvgIpc) is 2.30. The van der Waals surface area contributed by atoms with Crippen LogP contribution in [-0.2, 0) is 9.53 Å². The summed E-state index contributed by atoms with van der Waals surface area (Å²) in [5.41, 5.74) is 5.68. The molecule has 0 aromatic heterocycles. The number of hydrogen-bond donors (Lipinski definition) is 1. The van der Waals surface area contributed by atoms with Crippen LogP contribution in [0.2, 0.25) is 0 Å². The number of carbonyl (C=O) groups is 1. The summed E-state index contributed by atoms with van der Waals surface area (Å²) in [6.45, 7) is 9.96. The second kappa shape index (κ2) is 9.19. The molecular formula is C13H26N2O2. The number of hydrogen-bond acceptors (Lipinski definition) is 3. The van der Waals surface area contributed by atoms with E-state index in [1.807, 2.05) is 0 Å². The third-order valence-corrected chi connectivity index (χ3v) is 2.62. The fourth-order valence-electron chi connectivity index (χ4n) is 1.77. The molecule has 1 unspecified atom stereocenters. The Labute approximate surface area is 105 Å². The van der Waals surface area contributed by atoms with Gasteiger partial charge in [0, 0.05) is 26.7 Å². The van der Waals surface area contributed by atoms with Gasteiger partial charge in [-0.1, -0.05) is 19.9 Å². The molecule has 1 atom stereocenters. The molecule has 0 fully saturated rings. The molecule has 0 aliphatic heterocycles. The van der Waals surface area contributed by atoms with Crippen LogP contribution in [0.5, 0.6) is 0 Å². The van der Waals surface area contributed by atoms with Gasteiger partial charge < -0.3 is 15.4 Å². The molecule has 0 aromatic carbocycles. The maximum absolute atomic E-state index is 12.2. The first-order valence-electron chi connectivity index (χ1n) is 6.15. The topological polar surface area (TPSA) is 55.6 Å². The molecule has 0 spiro atoms. The smallest absolute Gasteiger partial charge is 0.227 e. The normalized spacial score (nSPS) is 12.5. The second-order valence-corrected chi connectivity index (χ2v) is 4.63. The number of ether oxygens (including phenoxy) is 1. The molecule has 0 saturated carbocycles. The van der Waals surface area contributed by atoms with E-state index in [1.54, 1.807) is 18.1 Å². The van der Waals surface area contributed by atoms with Gasteiger partial charge in [0.1, 0.15) is 0 Å². The summed E-state index contributed by atoms with van der Waals surface area (Å²) in [6, 6.07) is 0. The van der Waals surface area contributed by atoms with Crippen molar-refractivity contribution in [3.05, 3.63) is 12.7 Å². The molecule has 0 aliphatic carbocycles.